The van der Waals surface area contributed by atoms with E-state index in [1.807, 2.05) is 24.3 Å². The molecule has 2 rings (SSSR count). The normalized spacial score (nSPS) is 10.7. The van der Waals surface area contributed by atoms with E-state index in [1.54, 1.807) is 6.08 Å². The highest BCUT2D eigenvalue weighted by atomic mass is 79.9. The van der Waals surface area contributed by atoms with Crippen molar-refractivity contribution in [3.63, 3.8) is 0 Å². The van der Waals surface area contributed by atoms with E-state index in [0.717, 1.165) is 10.0 Å². The maximum Gasteiger partial charge on any atom is 0.252 e. The Morgan fingerprint density at radius 2 is 1.76 bits per heavy atom. The van der Waals surface area contributed by atoms with Crippen molar-refractivity contribution in [3.8, 4) is 5.75 Å². The summed E-state index contributed by atoms with van der Waals surface area (Å²) < 4.78 is 0.954. The number of nitrogens with two attached hydrogens (primary N) is 1. The largest absolute Gasteiger partial charge is 0.507 e. The minimum atomic E-state index is -0.779. The molecular formula is C16H12BrNO3. The molecule has 0 fully saturated rings. The molecule has 3 N–H and O–H groups in total. The molecule has 0 saturated carbocycles. The van der Waals surface area contributed by atoms with Gasteiger partial charge in [-0.25, -0.2) is 0 Å². The van der Waals surface area contributed by atoms with Gasteiger partial charge in [0.1, 0.15) is 5.75 Å². The Kier molecular flexibility index (Phi) is 4.55. The second kappa shape index (κ2) is 6.37. The van der Waals surface area contributed by atoms with Gasteiger partial charge < -0.3 is 10.8 Å². The van der Waals surface area contributed by atoms with Crippen molar-refractivity contribution >= 4 is 33.7 Å². The Balaban J connectivity index is 2.22. The van der Waals surface area contributed by atoms with Gasteiger partial charge in [0.2, 0.25) is 0 Å². The fraction of sp³-hybridized carbons (Fsp3) is 0. The molecule has 0 saturated heterocycles. The zero-order chi connectivity index (χ0) is 15.4. The zero-order valence-electron chi connectivity index (χ0n) is 10.9. The van der Waals surface area contributed by atoms with Gasteiger partial charge in [-0.2, -0.15) is 0 Å². The first-order valence-corrected chi connectivity index (χ1v) is 6.87. The summed E-state index contributed by atoms with van der Waals surface area (Å²) in [5, 5.41) is 9.49. The molecule has 5 heteroatoms. The fourth-order valence-corrected chi connectivity index (χ4v) is 1.99. The van der Waals surface area contributed by atoms with Crippen LogP contribution in [0, 0.1) is 0 Å². The summed E-state index contributed by atoms with van der Waals surface area (Å²) in [6.45, 7) is 0. The number of phenols is 1. The van der Waals surface area contributed by atoms with E-state index in [2.05, 4.69) is 15.9 Å². The first kappa shape index (κ1) is 15.0. The number of allylic oxidation sites excluding steroid dienone is 1. The topological polar surface area (TPSA) is 80.4 Å². The number of ketones is 1. The second-order valence-electron chi connectivity index (χ2n) is 4.35. The summed E-state index contributed by atoms with van der Waals surface area (Å²) >= 11 is 3.33. The Morgan fingerprint density at radius 3 is 2.38 bits per heavy atom. The number of hydrogen-bond donors (Lipinski definition) is 2. The molecule has 2 aromatic carbocycles. The molecule has 0 aliphatic rings. The molecule has 1 amide bonds. The summed E-state index contributed by atoms with van der Waals surface area (Å²) in [5.74, 6) is -1.30. The van der Waals surface area contributed by atoms with Crippen molar-refractivity contribution in [1.29, 1.82) is 0 Å². The number of hydrogen-bond acceptors (Lipinski definition) is 3. The summed E-state index contributed by atoms with van der Waals surface area (Å²) in [5.41, 5.74) is 6.22. The second-order valence-corrected chi connectivity index (χ2v) is 5.26. The molecule has 0 bridgehead atoms. The van der Waals surface area contributed by atoms with E-state index >= 15 is 0 Å². The first-order valence-electron chi connectivity index (χ1n) is 6.08. The standard InChI is InChI=1S/C16H12BrNO3/c17-12-5-1-10(2-6-12)3-7-14(19)11-4-8-15(20)13(9-11)16(18)21/h1-9,20H,(H2,18,21)/b7-3+. The number of primary amides is 1. The molecule has 0 heterocycles. The number of amides is 1. The van der Waals surface area contributed by atoms with Crippen LogP contribution < -0.4 is 5.73 Å². The summed E-state index contributed by atoms with van der Waals surface area (Å²) in [7, 11) is 0. The Morgan fingerprint density at radius 1 is 1.10 bits per heavy atom. The molecule has 0 aliphatic carbocycles. The minimum Gasteiger partial charge on any atom is -0.507 e. The molecule has 21 heavy (non-hydrogen) atoms. The third-order valence-corrected chi connectivity index (χ3v) is 3.37. The number of carbonyl (C=O) groups is 2. The van der Waals surface area contributed by atoms with Crippen LogP contribution >= 0.6 is 15.9 Å². The lowest BCUT2D eigenvalue weighted by Crippen LogP contribution is -2.12. The first-order chi connectivity index (χ1) is 9.97. The quantitative estimate of drug-likeness (QED) is 0.659. The van der Waals surface area contributed by atoms with Crippen LogP contribution in [-0.4, -0.2) is 16.8 Å². The van der Waals surface area contributed by atoms with Crippen LogP contribution in [0.15, 0.2) is 53.0 Å². The molecule has 2 aromatic rings. The van der Waals surface area contributed by atoms with Crippen molar-refractivity contribution in [2.75, 3.05) is 0 Å². The van der Waals surface area contributed by atoms with Gasteiger partial charge in [-0.05, 0) is 42.0 Å². The average molecular weight is 346 g/mol. The summed E-state index contributed by atoms with van der Waals surface area (Å²) in [6, 6.07) is 11.5. The van der Waals surface area contributed by atoms with Crippen LogP contribution in [0.2, 0.25) is 0 Å². The predicted molar refractivity (Wildman–Crippen MR) is 84.1 cm³/mol. The maximum atomic E-state index is 12.0. The third kappa shape index (κ3) is 3.79. The van der Waals surface area contributed by atoms with Crippen LogP contribution in [0.3, 0.4) is 0 Å². The molecule has 106 valence electrons. The minimum absolute atomic E-state index is 0.0714. The van der Waals surface area contributed by atoms with Crippen LogP contribution in [0.4, 0.5) is 0 Å². The van der Waals surface area contributed by atoms with Gasteiger partial charge >= 0.3 is 0 Å². The molecule has 0 spiro atoms. The van der Waals surface area contributed by atoms with E-state index in [1.165, 1.54) is 24.3 Å². The van der Waals surface area contributed by atoms with Crippen molar-refractivity contribution in [2.45, 2.75) is 0 Å². The lowest BCUT2D eigenvalue weighted by Gasteiger charge is -2.02. The van der Waals surface area contributed by atoms with Crippen molar-refractivity contribution in [3.05, 3.63) is 69.7 Å². The molecule has 4 nitrogen and oxygen atoms in total. The third-order valence-electron chi connectivity index (χ3n) is 2.84. The molecule has 0 radical (unpaired) electrons. The molecule has 0 aliphatic heterocycles. The number of carbonyl (C=O) groups excluding carboxylic acids is 2. The van der Waals surface area contributed by atoms with Gasteiger partial charge in [-0.15, -0.1) is 0 Å². The Bertz CT molecular complexity index is 721. The van der Waals surface area contributed by atoms with Crippen molar-refractivity contribution < 1.29 is 14.7 Å². The molecule has 0 unspecified atom stereocenters. The van der Waals surface area contributed by atoms with E-state index in [0.29, 0.717) is 0 Å². The van der Waals surface area contributed by atoms with E-state index < -0.39 is 5.91 Å². The lowest BCUT2D eigenvalue weighted by molar-refractivity contribution is 0.0997. The van der Waals surface area contributed by atoms with Crippen LogP contribution in [-0.2, 0) is 0 Å². The Hall–Kier alpha value is -2.40. The van der Waals surface area contributed by atoms with Gasteiger partial charge in [0.25, 0.3) is 5.91 Å². The molecule has 0 aromatic heterocycles. The highest BCUT2D eigenvalue weighted by Crippen LogP contribution is 2.19. The van der Waals surface area contributed by atoms with E-state index in [-0.39, 0.29) is 22.7 Å². The average Bonchev–Trinajstić information content (AvgIpc) is 2.46. The van der Waals surface area contributed by atoms with Crippen LogP contribution in [0.5, 0.6) is 5.75 Å². The number of benzene rings is 2. The Labute approximate surface area is 130 Å². The summed E-state index contributed by atoms with van der Waals surface area (Å²) in [6.07, 6.45) is 3.08. The maximum absolute atomic E-state index is 12.0. The number of rotatable bonds is 4. The molecule has 0 atom stereocenters. The van der Waals surface area contributed by atoms with Crippen LogP contribution in [0.1, 0.15) is 26.3 Å². The number of aromatic hydroxyl groups is 1. The number of halogens is 1. The predicted octanol–water partition coefficient (Wildman–Crippen LogP) is 3.15. The van der Waals surface area contributed by atoms with E-state index in [9.17, 15) is 14.7 Å². The van der Waals surface area contributed by atoms with Gasteiger partial charge in [0.05, 0.1) is 5.56 Å². The summed E-state index contributed by atoms with van der Waals surface area (Å²) in [4.78, 5) is 23.2. The smallest absolute Gasteiger partial charge is 0.252 e. The van der Waals surface area contributed by atoms with Gasteiger partial charge in [0.15, 0.2) is 5.78 Å². The van der Waals surface area contributed by atoms with Gasteiger partial charge in [-0.3, -0.25) is 9.59 Å². The van der Waals surface area contributed by atoms with Crippen LogP contribution in [0.25, 0.3) is 6.08 Å². The highest BCUT2D eigenvalue weighted by molar-refractivity contribution is 9.10. The van der Waals surface area contributed by atoms with Gasteiger partial charge in [0, 0.05) is 10.0 Å². The monoisotopic (exact) mass is 345 g/mol. The van der Waals surface area contributed by atoms with Gasteiger partial charge in [-0.1, -0.05) is 34.1 Å². The molecular weight excluding hydrogens is 334 g/mol. The zero-order valence-corrected chi connectivity index (χ0v) is 12.5. The SMILES string of the molecule is NC(=O)c1cc(C(=O)/C=C/c2ccc(Br)cc2)ccc1O. The lowest BCUT2D eigenvalue weighted by atomic mass is 10.0. The van der Waals surface area contributed by atoms with Crippen molar-refractivity contribution in [2.24, 2.45) is 5.73 Å². The highest BCUT2D eigenvalue weighted by Gasteiger charge is 2.11. The van der Waals surface area contributed by atoms with Crippen molar-refractivity contribution in [1.82, 2.24) is 0 Å². The fourth-order valence-electron chi connectivity index (χ4n) is 1.73. The van der Waals surface area contributed by atoms with E-state index in [4.69, 9.17) is 5.73 Å².